The maximum absolute atomic E-state index is 12.7. The second kappa shape index (κ2) is 10.4. The van der Waals surface area contributed by atoms with E-state index in [9.17, 15) is 24.0 Å². The van der Waals surface area contributed by atoms with Gasteiger partial charge in [-0.25, -0.2) is 0 Å². The van der Waals surface area contributed by atoms with Gasteiger partial charge in [0.2, 0.25) is 17.7 Å². The maximum atomic E-state index is 12.7. The molecule has 1 atom stereocenters. The smallest absolute Gasteiger partial charge is 0.310 e. The Morgan fingerprint density at radius 1 is 1.09 bits per heavy atom. The van der Waals surface area contributed by atoms with Gasteiger partial charge in [-0.3, -0.25) is 28.9 Å². The van der Waals surface area contributed by atoms with Crippen molar-refractivity contribution in [1.82, 2.24) is 14.7 Å². The first kappa shape index (κ1) is 23.4. The minimum atomic E-state index is -0.324. The van der Waals surface area contributed by atoms with E-state index < -0.39 is 0 Å². The molecule has 0 saturated carbocycles. The molecule has 2 saturated heterocycles. The molecule has 4 amide bonds. The highest BCUT2D eigenvalue weighted by Gasteiger charge is 2.31. The minimum absolute atomic E-state index is 0.0904. The molecule has 0 bridgehead atoms. The summed E-state index contributed by atoms with van der Waals surface area (Å²) >= 11 is 0. The van der Waals surface area contributed by atoms with Gasteiger partial charge in [0.15, 0.2) is 0 Å². The fourth-order valence-corrected chi connectivity index (χ4v) is 3.99. The van der Waals surface area contributed by atoms with Crippen LogP contribution < -0.4 is 0 Å². The normalized spacial score (nSPS) is 18.6. The van der Waals surface area contributed by atoms with Crippen molar-refractivity contribution in [3.8, 4) is 0 Å². The monoisotopic (exact) mass is 443 g/mol. The van der Waals surface area contributed by atoms with Crippen LogP contribution in [0.4, 0.5) is 0 Å². The predicted octanol–water partition coefficient (Wildman–Crippen LogP) is 1.21. The van der Waals surface area contributed by atoms with Crippen LogP contribution in [0.5, 0.6) is 0 Å². The Balaban J connectivity index is 1.54. The summed E-state index contributed by atoms with van der Waals surface area (Å²) in [6, 6.07) is 6.66. The minimum Gasteiger partial charge on any atom is -0.466 e. The van der Waals surface area contributed by atoms with Crippen molar-refractivity contribution in [2.45, 2.75) is 39.2 Å². The topological polar surface area (TPSA) is 104 Å². The van der Waals surface area contributed by atoms with Crippen molar-refractivity contribution in [1.29, 1.82) is 0 Å². The Morgan fingerprint density at radius 2 is 1.75 bits per heavy atom. The number of nitrogens with zero attached hydrogens (tertiary/aromatic N) is 3. The zero-order valence-corrected chi connectivity index (χ0v) is 18.5. The van der Waals surface area contributed by atoms with Gasteiger partial charge < -0.3 is 14.5 Å². The van der Waals surface area contributed by atoms with E-state index in [1.807, 2.05) is 0 Å². The molecule has 0 N–H and O–H groups in total. The van der Waals surface area contributed by atoms with E-state index in [-0.39, 0.29) is 61.4 Å². The molecule has 1 aromatic carbocycles. The zero-order chi connectivity index (χ0) is 23.3. The molecule has 0 aromatic heterocycles. The predicted molar refractivity (Wildman–Crippen MR) is 114 cm³/mol. The highest BCUT2D eigenvalue weighted by molar-refractivity contribution is 6.02. The van der Waals surface area contributed by atoms with Crippen LogP contribution in [0.1, 0.15) is 48.5 Å². The fraction of sp³-hybridized carbons (Fsp3) is 0.522. The number of hydrogen-bond acceptors (Lipinski definition) is 6. The van der Waals surface area contributed by atoms with Gasteiger partial charge in [0.05, 0.1) is 25.6 Å². The molecular formula is C23H29N3O6. The van der Waals surface area contributed by atoms with Crippen LogP contribution in [-0.4, -0.2) is 77.6 Å². The molecule has 0 spiro atoms. The van der Waals surface area contributed by atoms with E-state index in [0.717, 1.165) is 12.0 Å². The lowest BCUT2D eigenvalue weighted by atomic mass is 9.98. The Labute approximate surface area is 187 Å². The molecule has 1 unspecified atom stereocenters. The summed E-state index contributed by atoms with van der Waals surface area (Å²) in [7, 11) is 1.56. The van der Waals surface area contributed by atoms with Gasteiger partial charge >= 0.3 is 5.97 Å². The number of imide groups is 1. The molecule has 0 aliphatic carbocycles. The van der Waals surface area contributed by atoms with Crippen LogP contribution in [0.2, 0.25) is 0 Å². The molecular weight excluding hydrogens is 414 g/mol. The van der Waals surface area contributed by atoms with Crippen LogP contribution in [0.3, 0.4) is 0 Å². The first-order valence-electron chi connectivity index (χ1n) is 10.9. The number of carbonyl (C=O) groups is 5. The van der Waals surface area contributed by atoms with Crippen LogP contribution >= 0.6 is 0 Å². The fourth-order valence-electron chi connectivity index (χ4n) is 3.99. The molecule has 1 aromatic rings. The van der Waals surface area contributed by atoms with Gasteiger partial charge in [0, 0.05) is 38.5 Å². The van der Waals surface area contributed by atoms with Crippen molar-refractivity contribution in [2.24, 2.45) is 5.92 Å². The third-order valence-corrected chi connectivity index (χ3v) is 5.81. The number of benzene rings is 1. The van der Waals surface area contributed by atoms with Crippen molar-refractivity contribution in [3.05, 3.63) is 35.4 Å². The summed E-state index contributed by atoms with van der Waals surface area (Å²) in [5.41, 5.74) is 1.16. The number of likely N-dealkylation sites (tertiary alicyclic amines) is 2. The van der Waals surface area contributed by atoms with E-state index >= 15 is 0 Å². The summed E-state index contributed by atoms with van der Waals surface area (Å²) in [5, 5.41) is 0. The van der Waals surface area contributed by atoms with Gasteiger partial charge in [-0.2, -0.15) is 0 Å². The molecule has 2 fully saturated rings. The Morgan fingerprint density at radius 3 is 2.38 bits per heavy atom. The first-order chi connectivity index (χ1) is 15.3. The summed E-state index contributed by atoms with van der Waals surface area (Å²) < 4.78 is 5.07. The van der Waals surface area contributed by atoms with Crippen LogP contribution in [0.25, 0.3) is 0 Å². The van der Waals surface area contributed by atoms with Gasteiger partial charge in [-0.15, -0.1) is 0 Å². The van der Waals surface area contributed by atoms with E-state index in [2.05, 4.69) is 0 Å². The lowest BCUT2D eigenvalue weighted by Gasteiger charge is -2.32. The van der Waals surface area contributed by atoms with Gasteiger partial charge in [-0.05, 0) is 37.5 Å². The SMILES string of the molecule is CCOC(=O)C1CCCN(C(=O)CN(C)C(=O)c2ccc(CN3C(=O)CCC3=O)cc2)C1. The molecule has 0 radical (unpaired) electrons. The number of hydrogen-bond donors (Lipinski definition) is 0. The highest BCUT2D eigenvalue weighted by Crippen LogP contribution is 2.19. The van der Waals surface area contributed by atoms with Crippen molar-refractivity contribution >= 4 is 29.6 Å². The maximum Gasteiger partial charge on any atom is 0.310 e. The highest BCUT2D eigenvalue weighted by atomic mass is 16.5. The molecule has 9 heteroatoms. The van der Waals surface area contributed by atoms with Crippen LogP contribution in [0, 0.1) is 5.92 Å². The molecule has 172 valence electrons. The number of amides is 4. The molecule has 2 aliphatic rings. The molecule has 32 heavy (non-hydrogen) atoms. The molecule has 2 heterocycles. The van der Waals surface area contributed by atoms with E-state index in [1.54, 1.807) is 43.1 Å². The number of ether oxygens (including phenoxy) is 1. The average molecular weight is 444 g/mol. The molecule has 9 nitrogen and oxygen atoms in total. The Bertz CT molecular complexity index is 881. The third-order valence-electron chi connectivity index (χ3n) is 5.81. The Kier molecular flexibility index (Phi) is 7.61. The van der Waals surface area contributed by atoms with E-state index in [4.69, 9.17) is 4.74 Å². The largest absolute Gasteiger partial charge is 0.466 e. The average Bonchev–Trinajstić information content (AvgIpc) is 3.11. The standard InChI is InChI=1S/C23H29N3O6/c1-3-32-23(31)18-5-4-12-25(14-18)21(29)15-24(2)22(30)17-8-6-16(7-9-17)13-26-19(27)10-11-20(26)28/h6-9,18H,3-5,10-15H2,1-2H3. The van der Waals surface area contributed by atoms with Crippen molar-refractivity contribution in [3.63, 3.8) is 0 Å². The molecule has 3 rings (SSSR count). The molecule has 2 aliphatic heterocycles. The van der Waals surface area contributed by atoms with Gasteiger partial charge in [0.1, 0.15) is 0 Å². The lowest BCUT2D eigenvalue weighted by molar-refractivity contribution is -0.151. The van der Waals surface area contributed by atoms with Crippen LogP contribution in [0.15, 0.2) is 24.3 Å². The summed E-state index contributed by atoms with van der Waals surface area (Å²) in [5.74, 6) is -1.50. The lowest BCUT2D eigenvalue weighted by Crippen LogP contribution is -2.47. The summed E-state index contributed by atoms with van der Waals surface area (Å²) in [6.45, 7) is 3.03. The second-order valence-corrected chi connectivity index (χ2v) is 8.16. The number of piperidine rings is 1. The third kappa shape index (κ3) is 5.52. The summed E-state index contributed by atoms with van der Waals surface area (Å²) in [6.07, 6.45) is 1.90. The van der Waals surface area contributed by atoms with E-state index in [0.29, 0.717) is 31.7 Å². The number of likely N-dealkylation sites (N-methyl/N-ethyl adjacent to an activating group) is 1. The number of rotatable bonds is 7. The zero-order valence-electron chi connectivity index (χ0n) is 18.5. The van der Waals surface area contributed by atoms with Crippen LogP contribution in [-0.2, 0) is 30.5 Å². The van der Waals surface area contributed by atoms with Crippen molar-refractivity contribution in [2.75, 3.05) is 33.3 Å². The van der Waals surface area contributed by atoms with E-state index in [1.165, 1.54) is 9.80 Å². The van der Waals surface area contributed by atoms with Gasteiger partial charge in [0.25, 0.3) is 5.91 Å². The number of esters is 1. The Hall–Kier alpha value is -3.23. The quantitative estimate of drug-likeness (QED) is 0.463. The van der Waals surface area contributed by atoms with Crippen molar-refractivity contribution < 1.29 is 28.7 Å². The van der Waals surface area contributed by atoms with Gasteiger partial charge in [-0.1, -0.05) is 12.1 Å². The summed E-state index contributed by atoms with van der Waals surface area (Å²) in [4.78, 5) is 65.1. The first-order valence-corrected chi connectivity index (χ1v) is 10.9. The number of carbonyl (C=O) groups excluding carboxylic acids is 5. The second-order valence-electron chi connectivity index (χ2n) is 8.16.